The van der Waals surface area contributed by atoms with Gasteiger partial charge in [0, 0.05) is 24.6 Å². The molecule has 0 aliphatic carbocycles. The Morgan fingerprint density at radius 2 is 2.10 bits per heavy atom. The molecule has 1 aliphatic rings. The molecular formula is C15H18N4O. The summed E-state index contributed by atoms with van der Waals surface area (Å²) in [5.41, 5.74) is 1.18. The number of benzene rings is 1. The third kappa shape index (κ3) is 2.66. The van der Waals surface area contributed by atoms with Gasteiger partial charge in [-0.2, -0.15) is 0 Å². The first-order valence-corrected chi connectivity index (χ1v) is 6.91. The molecule has 20 heavy (non-hydrogen) atoms. The number of anilines is 2. The minimum absolute atomic E-state index is 0.226. The summed E-state index contributed by atoms with van der Waals surface area (Å²) >= 11 is 0. The second-order valence-electron chi connectivity index (χ2n) is 4.69. The number of hydrogen-bond acceptors (Lipinski definition) is 5. The number of rotatable bonds is 4. The van der Waals surface area contributed by atoms with Gasteiger partial charge in [-0.15, -0.1) is 0 Å². The molecule has 0 saturated heterocycles. The summed E-state index contributed by atoms with van der Waals surface area (Å²) in [6.07, 6.45) is 2.50. The van der Waals surface area contributed by atoms with Crippen LogP contribution in [0.3, 0.4) is 0 Å². The van der Waals surface area contributed by atoms with Gasteiger partial charge in [0.25, 0.3) is 0 Å². The molecule has 1 aromatic carbocycles. The number of fused-ring (bicyclic) bond motifs is 1. The third-order valence-electron chi connectivity index (χ3n) is 3.31. The second kappa shape index (κ2) is 5.77. The van der Waals surface area contributed by atoms with Gasteiger partial charge in [-0.25, -0.2) is 9.97 Å². The first-order chi connectivity index (χ1) is 9.86. The van der Waals surface area contributed by atoms with Crippen molar-refractivity contribution in [3.05, 3.63) is 42.2 Å². The molecule has 1 unspecified atom stereocenters. The van der Waals surface area contributed by atoms with E-state index >= 15 is 0 Å². The molecule has 1 aromatic heterocycles. The maximum atomic E-state index is 5.67. The first kappa shape index (κ1) is 12.7. The number of ether oxygens (including phenoxy) is 1. The zero-order valence-electron chi connectivity index (χ0n) is 11.5. The lowest BCUT2D eigenvalue weighted by atomic mass is 10.0. The Labute approximate surface area is 118 Å². The van der Waals surface area contributed by atoms with Crippen molar-refractivity contribution in [3.8, 4) is 5.75 Å². The van der Waals surface area contributed by atoms with Crippen LogP contribution in [0, 0.1) is 0 Å². The Hall–Kier alpha value is -2.30. The molecule has 104 valence electrons. The fourth-order valence-electron chi connectivity index (χ4n) is 2.38. The molecule has 3 rings (SSSR count). The normalized spacial score (nSPS) is 16.9. The van der Waals surface area contributed by atoms with E-state index in [0.717, 1.165) is 37.0 Å². The molecule has 5 heteroatoms. The predicted octanol–water partition coefficient (Wildman–Crippen LogP) is 2.84. The van der Waals surface area contributed by atoms with Crippen LogP contribution in [-0.2, 0) is 0 Å². The quantitative estimate of drug-likeness (QED) is 0.894. The fourth-order valence-corrected chi connectivity index (χ4v) is 2.38. The second-order valence-corrected chi connectivity index (χ2v) is 4.69. The van der Waals surface area contributed by atoms with Gasteiger partial charge in [0.15, 0.2) is 0 Å². The van der Waals surface area contributed by atoms with Crippen molar-refractivity contribution in [2.24, 2.45) is 0 Å². The minimum Gasteiger partial charge on any atom is -0.493 e. The van der Waals surface area contributed by atoms with Crippen LogP contribution >= 0.6 is 0 Å². The van der Waals surface area contributed by atoms with Crippen molar-refractivity contribution in [1.82, 2.24) is 9.97 Å². The number of hydrogen-bond donors (Lipinski definition) is 2. The maximum Gasteiger partial charge on any atom is 0.131 e. The van der Waals surface area contributed by atoms with Gasteiger partial charge in [-0.05, 0) is 13.0 Å². The van der Waals surface area contributed by atoms with E-state index in [4.69, 9.17) is 4.74 Å². The molecule has 0 spiro atoms. The molecule has 5 nitrogen and oxygen atoms in total. The zero-order chi connectivity index (χ0) is 13.8. The lowest BCUT2D eigenvalue weighted by Crippen LogP contribution is -2.20. The molecule has 2 heterocycles. The van der Waals surface area contributed by atoms with Crippen LogP contribution in [0.25, 0.3) is 0 Å². The lowest BCUT2D eigenvalue weighted by molar-refractivity contribution is 0.274. The van der Waals surface area contributed by atoms with E-state index in [1.54, 1.807) is 6.33 Å². The summed E-state index contributed by atoms with van der Waals surface area (Å²) in [4.78, 5) is 8.47. The molecular weight excluding hydrogens is 252 g/mol. The SMILES string of the molecule is CCNc1cc(NC2CCOc3ccccc32)ncn1. The standard InChI is InChI=1S/C15H18N4O/c1-2-16-14-9-15(18-10-17-14)19-12-7-8-20-13-6-4-3-5-11(12)13/h3-6,9-10,12H,2,7-8H2,1H3,(H2,16,17,18,19). The van der Waals surface area contributed by atoms with E-state index in [9.17, 15) is 0 Å². The van der Waals surface area contributed by atoms with Gasteiger partial charge in [-0.3, -0.25) is 0 Å². The van der Waals surface area contributed by atoms with Gasteiger partial charge in [0.05, 0.1) is 12.6 Å². The van der Waals surface area contributed by atoms with E-state index in [1.807, 2.05) is 31.2 Å². The summed E-state index contributed by atoms with van der Waals surface area (Å²) in [5, 5.41) is 6.65. The summed E-state index contributed by atoms with van der Waals surface area (Å²) in [5.74, 6) is 2.63. The van der Waals surface area contributed by atoms with Gasteiger partial charge in [0.1, 0.15) is 23.7 Å². The minimum atomic E-state index is 0.226. The van der Waals surface area contributed by atoms with Crippen molar-refractivity contribution >= 4 is 11.6 Å². The van der Waals surface area contributed by atoms with Crippen LogP contribution in [0.15, 0.2) is 36.7 Å². The van der Waals surface area contributed by atoms with Crippen LogP contribution in [-0.4, -0.2) is 23.1 Å². The Morgan fingerprint density at radius 3 is 3.00 bits per heavy atom. The largest absolute Gasteiger partial charge is 0.493 e. The first-order valence-electron chi connectivity index (χ1n) is 6.91. The molecule has 0 radical (unpaired) electrons. The number of para-hydroxylation sites is 1. The van der Waals surface area contributed by atoms with Crippen LogP contribution in [0.5, 0.6) is 5.75 Å². The predicted molar refractivity (Wildman–Crippen MR) is 79.1 cm³/mol. The zero-order valence-corrected chi connectivity index (χ0v) is 11.5. The van der Waals surface area contributed by atoms with Crippen LogP contribution in [0.2, 0.25) is 0 Å². The Morgan fingerprint density at radius 1 is 1.25 bits per heavy atom. The highest BCUT2D eigenvalue weighted by atomic mass is 16.5. The monoisotopic (exact) mass is 270 g/mol. The van der Waals surface area contributed by atoms with Crippen molar-refractivity contribution in [3.63, 3.8) is 0 Å². The maximum absolute atomic E-state index is 5.67. The van der Waals surface area contributed by atoms with Gasteiger partial charge >= 0.3 is 0 Å². The molecule has 2 aromatic rings. The number of nitrogens with one attached hydrogen (secondary N) is 2. The average Bonchev–Trinajstić information content (AvgIpc) is 2.48. The van der Waals surface area contributed by atoms with Gasteiger partial charge < -0.3 is 15.4 Å². The fraction of sp³-hybridized carbons (Fsp3) is 0.333. The van der Waals surface area contributed by atoms with Crippen LogP contribution in [0.1, 0.15) is 24.9 Å². The third-order valence-corrected chi connectivity index (χ3v) is 3.31. The van der Waals surface area contributed by atoms with Crippen molar-refractivity contribution < 1.29 is 4.74 Å². The highest BCUT2D eigenvalue weighted by Crippen LogP contribution is 2.33. The Kier molecular flexibility index (Phi) is 3.67. The molecule has 0 saturated carbocycles. The highest BCUT2D eigenvalue weighted by molar-refractivity contribution is 5.49. The van der Waals surface area contributed by atoms with Crippen molar-refractivity contribution in [2.75, 3.05) is 23.8 Å². The van der Waals surface area contributed by atoms with Gasteiger partial charge in [0.2, 0.25) is 0 Å². The Balaban J connectivity index is 1.80. The Bertz CT molecular complexity index is 588. The van der Waals surface area contributed by atoms with E-state index in [2.05, 4.69) is 26.7 Å². The molecule has 0 fully saturated rings. The topological polar surface area (TPSA) is 59.1 Å². The summed E-state index contributed by atoms with van der Waals surface area (Å²) in [6, 6.07) is 10.3. The number of nitrogens with zero attached hydrogens (tertiary/aromatic N) is 2. The smallest absolute Gasteiger partial charge is 0.131 e. The van der Waals surface area contributed by atoms with Crippen molar-refractivity contribution in [2.45, 2.75) is 19.4 Å². The van der Waals surface area contributed by atoms with Crippen molar-refractivity contribution in [1.29, 1.82) is 0 Å². The average molecular weight is 270 g/mol. The molecule has 1 atom stereocenters. The summed E-state index contributed by atoms with van der Waals surface area (Å²) in [7, 11) is 0. The lowest BCUT2D eigenvalue weighted by Gasteiger charge is -2.27. The highest BCUT2D eigenvalue weighted by Gasteiger charge is 2.21. The van der Waals surface area contributed by atoms with E-state index in [1.165, 1.54) is 5.56 Å². The molecule has 1 aliphatic heterocycles. The van der Waals surface area contributed by atoms with Crippen LogP contribution < -0.4 is 15.4 Å². The van der Waals surface area contributed by atoms with E-state index in [0.29, 0.717) is 0 Å². The van der Waals surface area contributed by atoms with Gasteiger partial charge in [-0.1, -0.05) is 18.2 Å². The molecule has 0 bridgehead atoms. The number of aromatic nitrogens is 2. The van der Waals surface area contributed by atoms with Crippen LogP contribution in [0.4, 0.5) is 11.6 Å². The van der Waals surface area contributed by atoms with E-state index in [-0.39, 0.29) is 6.04 Å². The van der Waals surface area contributed by atoms with E-state index < -0.39 is 0 Å². The summed E-state index contributed by atoms with van der Waals surface area (Å²) in [6.45, 7) is 3.61. The molecule has 0 amide bonds. The summed E-state index contributed by atoms with van der Waals surface area (Å²) < 4.78 is 5.67. The molecule has 2 N–H and O–H groups in total.